The van der Waals surface area contributed by atoms with Crippen molar-refractivity contribution in [3.05, 3.63) is 35.4 Å². The molecule has 0 bridgehead atoms. The van der Waals surface area contributed by atoms with Gasteiger partial charge in [-0.15, -0.1) is 0 Å². The van der Waals surface area contributed by atoms with Gasteiger partial charge in [0.05, 0.1) is 0 Å². The molecule has 0 amide bonds. The second-order valence-corrected chi connectivity index (χ2v) is 6.94. The van der Waals surface area contributed by atoms with Crippen LogP contribution in [-0.4, -0.2) is 11.0 Å². The van der Waals surface area contributed by atoms with E-state index in [0.717, 1.165) is 12.2 Å². The summed E-state index contributed by atoms with van der Waals surface area (Å²) < 4.78 is 0. The van der Waals surface area contributed by atoms with Crippen molar-refractivity contribution in [2.75, 3.05) is 5.75 Å². The molecule has 1 nitrogen and oxygen atoms in total. The maximum Gasteiger partial charge on any atom is 0.0386 e. The van der Waals surface area contributed by atoms with Crippen molar-refractivity contribution in [1.29, 1.82) is 0 Å². The van der Waals surface area contributed by atoms with E-state index in [1.54, 1.807) is 0 Å². The van der Waals surface area contributed by atoms with Crippen LogP contribution in [0.25, 0.3) is 0 Å². The van der Waals surface area contributed by atoms with Gasteiger partial charge in [-0.3, -0.25) is 0 Å². The number of rotatable bonds is 6. The van der Waals surface area contributed by atoms with E-state index in [2.05, 4.69) is 52.0 Å². The first-order valence-corrected chi connectivity index (χ1v) is 7.50. The molecule has 1 unspecified atom stereocenters. The Bertz CT molecular complexity index is 316. The minimum Gasteiger partial charge on any atom is -0.323 e. The largest absolute Gasteiger partial charge is 0.323 e. The molecule has 0 heterocycles. The summed E-state index contributed by atoms with van der Waals surface area (Å²) in [6, 6.07) is 8.97. The summed E-state index contributed by atoms with van der Waals surface area (Å²) in [7, 11) is 0. The van der Waals surface area contributed by atoms with Crippen LogP contribution in [0.3, 0.4) is 0 Å². The Kier molecular flexibility index (Phi) is 6.07. The second-order valence-electron chi connectivity index (χ2n) is 5.33. The van der Waals surface area contributed by atoms with Gasteiger partial charge in [0.15, 0.2) is 0 Å². The summed E-state index contributed by atoms with van der Waals surface area (Å²) in [6.45, 7) is 8.92. The van der Waals surface area contributed by atoms with E-state index in [1.807, 2.05) is 11.8 Å². The minimum absolute atomic E-state index is 0.162. The lowest BCUT2D eigenvalue weighted by Crippen LogP contribution is -2.14. The zero-order valence-corrected chi connectivity index (χ0v) is 12.3. The van der Waals surface area contributed by atoms with Gasteiger partial charge in [0.2, 0.25) is 0 Å². The molecule has 2 N–H and O–H groups in total. The average Bonchev–Trinajstić information content (AvgIpc) is 2.26. The van der Waals surface area contributed by atoms with Gasteiger partial charge >= 0.3 is 0 Å². The Morgan fingerprint density at radius 1 is 1.06 bits per heavy atom. The molecule has 0 radical (unpaired) electrons. The zero-order chi connectivity index (χ0) is 12.8. The van der Waals surface area contributed by atoms with E-state index in [-0.39, 0.29) is 6.04 Å². The molecular weight excluding hydrogens is 226 g/mol. The van der Waals surface area contributed by atoms with Crippen LogP contribution in [0.1, 0.15) is 44.9 Å². The zero-order valence-electron chi connectivity index (χ0n) is 11.4. The van der Waals surface area contributed by atoms with Crippen molar-refractivity contribution in [3.8, 4) is 0 Å². The first-order valence-electron chi connectivity index (χ1n) is 6.45. The number of hydrogen-bond acceptors (Lipinski definition) is 2. The smallest absolute Gasteiger partial charge is 0.0386 e. The van der Waals surface area contributed by atoms with Gasteiger partial charge in [-0.1, -0.05) is 52.0 Å². The van der Waals surface area contributed by atoms with E-state index in [4.69, 9.17) is 5.73 Å². The molecule has 0 aliphatic rings. The van der Waals surface area contributed by atoms with Crippen molar-refractivity contribution < 1.29 is 0 Å². The van der Waals surface area contributed by atoms with E-state index < -0.39 is 0 Å². The van der Waals surface area contributed by atoms with Crippen LogP contribution in [0.5, 0.6) is 0 Å². The van der Waals surface area contributed by atoms with Crippen LogP contribution in [0.4, 0.5) is 0 Å². The predicted molar refractivity (Wildman–Crippen MR) is 79.5 cm³/mol. The lowest BCUT2D eigenvalue weighted by molar-refractivity contribution is 0.647. The van der Waals surface area contributed by atoms with Gasteiger partial charge < -0.3 is 5.73 Å². The topological polar surface area (TPSA) is 26.0 Å². The van der Waals surface area contributed by atoms with Crippen molar-refractivity contribution in [1.82, 2.24) is 0 Å². The average molecular weight is 251 g/mol. The van der Waals surface area contributed by atoms with Crippen molar-refractivity contribution >= 4 is 11.8 Å². The molecule has 0 aliphatic heterocycles. The second kappa shape index (κ2) is 7.07. The van der Waals surface area contributed by atoms with Crippen molar-refractivity contribution in [3.63, 3.8) is 0 Å². The summed E-state index contributed by atoms with van der Waals surface area (Å²) in [5, 5.41) is 0.654. The molecular formula is C15H25NS. The maximum atomic E-state index is 6.17. The molecule has 2 heteroatoms. The molecule has 1 aromatic rings. The molecule has 0 spiro atoms. The number of benzene rings is 1. The highest BCUT2D eigenvalue weighted by Gasteiger charge is 2.07. The van der Waals surface area contributed by atoms with Crippen LogP contribution >= 0.6 is 11.8 Å². The highest BCUT2D eigenvalue weighted by molar-refractivity contribution is 7.99. The Hall–Kier alpha value is -0.470. The number of nitrogens with two attached hydrogens (primary N) is 1. The predicted octanol–water partition coefficient (Wildman–Crippen LogP) is 4.03. The lowest BCUT2D eigenvalue weighted by Gasteiger charge is -2.14. The molecule has 17 heavy (non-hydrogen) atoms. The molecule has 0 aromatic heterocycles. The molecule has 0 fully saturated rings. The third-order valence-electron chi connectivity index (χ3n) is 2.66. The third-order valence-corrected chi connectivity index (χ3v) is 3.88. The fraction of sp³-hybridized carbons (Fsp3) is 0.600. The summed E-state index contributed by atoms with van der Waals surface area (Å²) >= 11 is 1.92. The van der Waals surface area contributed by atoms with E-state index >= 15 is 0 Å². The maximum absolute atomic E-state index is 6.17. The van der Waals surface area contributed by atoms with Gasteiger partial charge in [-0.2, -0.15) is 11.8 Å². The summed E-state index contributed by atoms with van der Waals surface area (Å²) in [5.74, 6) is 1.72. The summed E-state index contributed by atoms with van der Waals surface area (Å²) in [4.78, 5) is 0. The number of hydrogen-bond donors (Lipinski definition) is 1. The Morgan fingerprint density at radius 3 is 2.12 bits per heavy atom. The number of thioether (sulfide) groups is 1. The van der Waals surface area contributed by atoms with E-state index in [1.165, 1.54) is 11.1 Å². The normalized spacial score (nSPS) is 13.4. The van der Waals surface area contributed by atoms with Crippen molar-refractivity contribution in [2.24, 2.45) is 11.7 Å². The monoisotopic (exact) mass is 251 g/mol. The molecule has 0 saturated heterocycles. The van der Waals surface area contributed by atoms with Gasteiger partial charge in [0, 0.05) is 11.8 Å². The van der Waals surface area contributed by atoms with Gasteiger partial charge in [0.1, 0.15) is 0 Å². The van der Waals surface area contributed by atoms with E-state index in [0.29, 0.717) is 11.2 Å². The molecule has 0 aliphatic carbocycles. The first kappa shape index (κ1) is 14.6. The molecule has 1 atom stereocenters. The highest BCUT2D eigenvalue weighted by atomic mass is 32.2. The SMILES string of the molecule is CC(C)Cc1ccc(C(N)CSC(C)C)cc1. The van der Waals surface area contributed by atoms with E-state index in [9.17, 15) is 0 Å². The van der Waals surface area contributed by atoms with Gasteiger partial charge in [-0.25, -0.2) is 0 Å². The summed E-state index contributed by atoms with van der Waals surface area (Å²) in [6.07, 6.45) is 1.15. The van der Waals surface area contributed by atoms with Crippen LogP contribution < -0.4 is 5.73 Å². The first-order chi connectivity index (χ1) is 7.99. The molecule has 96 valence electrons. The quantitative estimate of drug-likeness (QED) is 0.826. The summed E-state index contributed by atoms with van der Waals surface area (Å²) in [5.41, 5.74) is 8.84. The minimum atomic E-state index is 0.162. The van der Waals surface area contributed by atoms with Crippen LogP contribution in [-0.2, 0) is 6.42 Å². The third kappa shape index (κ3) is 5.60. The Morgan fingerprint density at radius 2 is 1.65 bits per heavy atom. The molecule has 1 rings (SSSR count). The fourth-order valence-corrected chi connectivity index (χ4v) is 2.55. The van der Waals surface area contributed by atoms with Crippen LogP contribution in [0, 0.1) is 5.92 Å². The standard InChI is InChI=1S/C15H25NS/c1-11(2)9-13-5-7-14(8-6-13)15(16)10-17-12(3)4/h5-8,11-12,15H,9-10,16H2,1-4H3. The van der Waals surface area contributed by atoms with Crippen LogP contribution in [0.15, 0.2) is 24.3 Å². The molecule has 1 aromatic carbocycles. The van der Waals surface area contributed by atoms with Crippen molar-refractivity contribution in [2.45, 2.75) is 45.4 Å². The van der Waals surface area contributed by atoms with Crippen LogP contribution in [0.2, 0.25) is 0 Å². The highest BCUT2D eigenvalue weighted by Crippen LogP contribution is 2.20. The van der Waals surface area contributed by atoms with Gasteiger partial charge in [0.25, 0.3) is 0 Å². The lowest BCUT2D eigenvalue weighted by atomic mass is 10.0. The van der Waals surface area contributed by atoms with Gasteiger partial charge in [-0.05, 0) is 28.7 Å². The fourth-order valence-electron chi connectivity index (χ4n) is 1.76. The Labute approximate surface area is 110 Å². The molecule has 0 saturated carbocycles. The Balaban J connectivity index is 2.54.